The van der Waals surface area contributed by atoms with E-state index in [2.05, 4.69) is 0 Å². The van der Waals surface area contributed by atoms with Crippen molar-refractivity contribution in [2.75, 3.05) is 20.3 Å². The third-order valence-corrected chi connectivity index (χ3v) is 5.03. The SMILES string of the molecule is CCCOCCC(=C(F)B1OC(C)(C)C(C)(C)O1)c1ccc(OC)cc1. The van der Waals surface area contributed by atoms with E-state index < -0.39 is 24.0 Å². The van der Waals surface area contributed by atoms with Gasteiger partial charge in [-0.25, -0.2) is 4.39 Å². The zero-order valence-corrected chi connectivity index (χ0v) is 16.7. The van der Waals surface area contributed by atoms with Crippen LogP contribution in [0, 0.1) is 0 Å². The predicted molar refractivity (Wildman–Crippen MR) is 103 cm³/mol. The summed E-state index contributed by atoms with van der Waals surface area (Å²) in [6.07, 6.45) is 1.38. The van der Waals surface area contributed by atoms with Gasteiger partial charge in [0.15, 0.2) is 0 Å². The predicted octanol–water partition coefficient (Wildman–Crippen LogP) is 4.82. The second-order valence-electron chi connectivity index (χ2n) is 7.51. The molecule has 1 aromatic rings. The minimum atomic E-state index is -1.01. The highest BCUT2D eigenvalue weighted by Gasteiger charge is 2.53. The van der Waals surface area contributed by atoms with Crippen LogP contribution in [0.4, 0.5) is 4.39 Å². The van der Waals surface area contributed by atoms with E-state index in [-0.39, 0.29) is 0 Å². The number of halogens is 1. The summed E-state index contributed by atoms with van der Waals surface area (Å²) in [5, 5.41) is 0. The monoisotopic (exact) mass is 364 g/mol. The first-order chi connectivity index (χ1) is 12.2. The summed E-state index contributed by atoms with van der Waals surface area (Å²) in [4.78, 5) is 0. The first-order valence-electron chi connectivity index (χ1n) is 9.18. The van der Waals surface area contributed by atoms with Crippen LogP contribution in [0.2, 0.25) is 0 Å². The van der Waals surface area contributed by atoms with Gasteiger partial charge in [0.25, 0.3) is 0 Å². The Kier molecular flexibility index (Phi) is 6.89. The fourth-order valence-corrected chi connectivity index (χ4v) is 2.70. The van der Waals surface area contributed by atoms with Crippen LogP contribution in [-0.4, -0.2) is 38.6 Å². The number of benzene rings is 1. The van der Waals surface area contributed by atoms with Gasteiger partial charge in [-0.2, -0.15) is 0 Å². The van der Waals surface area contributed by atoms with Crippen LogP contribution in [0.25, 0.3) is 5.57 Å². The lowest BCUT2D eigenvalue weighted by Gasteiger charge is -2.32. The fraction of sp³-hybridized carbons (Fsp3) is 0.600. The lowest BCUT2D eigenvalue weighted by atomic mass is 9.82. The van der Waals surface area contributed by atoms with Crippen LogP contribution in [0.15, 0.2) is 30.0 Å². The molecule has 1 heterocycles. The zero-order valence-electron chi connectivity index (χ0n) is 16.7. The Morgan fingerprint density at radius 3 is 2.12 bits per heavy atom. The molecule has 0 N–H and O–H groups in total. The summed E-state index contributed by atoms with van der Waals surface area (Å²) in [7, 11) is 0.596. The van der Waals surface area contributed by atoms with Gasteiger partial charge in [-0.1, -0.05) is 19.1 Å². The van der Waals surface area contributed by atoms with Gasteiger partial charge in [0.1, 0.15) is 11.5 Å². The Hall–Kier alpha value is -1.37. The van der Waals surface area contributed by atoms with E-state index >= 15 is 4.39 Å². The molecule has 0 saturated carbocycles. The zero-order chi connectivity index (χ0) is 19.4. The lowest BCUT2D eigenvalue weighted by Crippen LogP contribution is -2.41. The smallest absolute Gasteiger partial charge is 0.497 e. The quantitative estimate of drug-likeness (QED) is 0.489. The Bertz CT molecular complexity index is 609. The van der Waals surface area contributed by atoms with Crippen LogP contribution < -0.4 is 4.74 Å². The van der Waals surface area contributed by atoms with Crippen molar-refractivity contribution in [3.05, 3.63) is 35.6 Å². The molecule has 144 valence electrons. The van der Waals surface area contributed by atoms with Crippen LogP contribution in [0.5, 0.6) is 5.75 Å². The number of ether oxygens (including phenoxy) is 2. The van der Waals surface area contributed by atoms with Gasteiger partial charge >= 0.3 is 7.12 Å². The molecular weight excluding hydrogens is 334 g/mol. The second-order valence-corrected chi connectivity index (χ2v) is 7.51. The van der Waals surface area contributed by atoms with Crippen molar-refractivity contribution in [1.82, 2.24) is 0 Å². The summed E-state index contributed by atoms with van der Waals surface area (Å²) in [6, 6.07) is 7.33. The minimum absolute atomic E-state index is 0.395. The molecule has 0 radical (unpaired) electrons. The van der Waals surface area contributed by atoms with Gasteiger partial charge in [-0.3, -0.25) is 0 Å². The van der Waals surface area contributed by atoms with Gasteiger partial charge < -0.3 is 18.8 Å². The molecule has 1 aliphatic rings. The molecule has 1 saturated heterocycles. The maximum Gasteiger partial charge on any atom is 0.525 e. The van der Waals surface area contributed by atoms with Gasteiger partial charge in [-0.05, 0) is 63.8 Å². The van der Waals surface area contributed by atoms with E-state index in [1.807, 2.05) is 58.9 Å². The van der Waals surface area contributed by atoms with Crippen LogP contribution >= 0.6 is 0 Å². The van der Waals surface area contributed by atoms with Crippen molar-refractivity contribution >= 4 is 12.7 Å². The molecule has 0 spiro atoms. The molecule has 26 heavy (non-hydrogen) atoms. The third-order valence-electron chi connectivity index (χ3n) is 5.03. The molecule has 1 fully saturated rings. The molecule has 0 atom stereocenters. The molecule has 0 bridgehead atoms. The van der Waals surface area contributed by atoms with E-state index in [0.29, 0.717) is 25.2 Å². The summed E-state index contributed by atoms with van der Waals surface area (Å²) in [5.74, 6) is 0.728. The average Bonchev–Trinajstić information content (AvgIpc) is 2.82. The molecular formula is C20H30BFO4. The minimum Gasteiger partial charge on any atom is -0.497 e. The molecule has 6 heteroatoms. The van der Waals surface area contributed by atoms with Gasteiger partial charge in [-0.15, -0.1) is 0 Å². The number of methoxy groups -OCH3 is 1. The van der Waals surface area contributed by atoms with Gasteiger partial charge in [0, 0.05) is 6.61 Å². The van der Waals surface area contributed by atoms with Crippen LogP contribution in [-0.2, 0) is 14.0 Å². The Labute approximate surface area is 156 Å². The number of hydrogen-bond acceptors (Lipinski definition) is 4. The van der Waals surface area contributed by atoms with E-state index in [1.165, 1.54) is 0 Å². The highest BCUT2D eigenvalue weighted by molar-refractivity contribution is 6.55. The summed E-state index contributed by atoms with van der Waals surface area (Å²) >= 11 is 0. The van der Waals surface area contributed by atoms with Crippen molar-refractivity contribution in [3.63, 3.8) is 0 Å². The maximum atomic E-state index is 15.4. The van der Waals surface area contributed by atoms with Crippen molar-refractivity contribution in [1.29, 1.82) is 0 Å². The van der Waals surface area contributed by atoms with Gasteiger partial charge in [0.2, 0.25) is 0 Å². The fourth-order valence-electron chi connectivity index (χ4n) is 2.70. The Morgan fingerprint density at radius 2 is 1.62 bits per heavy atom. The number of rotatable bonds is 8. The van der Waals surface area contributed by atoms with Crippen molar-refractivity contribution < 1.29 is 23.2 Å². The van der Waals surface area contributed by atoms with Crippen molar-refractivity contribution in [3.8, 4) is 5.75 Å². The van der Waals surface area contributed by atoms with Crippen molar-refractivity contribution in [2.45, 2.75) is 58.7 Å². The standard InChI is InChI=1S/C20H30BFO4/c1-7-13-24-14-12-17(15-8-10-16(23-6)11-9-15)18(22)21-25-19(2,3)20(4,5)26-21/h8-11H,7,12-14H2,1-6H3. The largest absolute Gasteiger partial charge is 0.525 e. The molecule has 1 aromatic carbocycles. The van der Waals surface area contributed by atoms with Crippen molar-refractivity contribution in [2.24, 2.45) is 0 Å². The first-order valence-corrected chi connectivity index (χ1v) is 9.18. The molecule has 0 amide bonds. The molecule has 0 unspecified atom stereocenters. The molecule has 2 rings (SSSR count). The Balaban J connectivity index is 2.30. The molecule has 4 nitrogen and oxygen atoms in total. The first kappa shape index (κ1) is 20.9. The lowest BCUT2D eigenvalue weighted by molar-refractivity contribution is 0.00578. The summed E-state index contributed by atoms with van der Waals surface area (Å²) in [6.45, 7) is 10.8. The van der Waals surface area contributed by atoms with Gasteiger partial charge in [0.05, 0.1) is 24.9 Å². The summed E-state index contributed by atoms with van der Waals surface area (Å²) in [5.41, 5.74) is -0.244. The number of hydrogen-bond donors (Lipinski definition) is 0. The second kappa shape index (κ2) is 8.55. The third kappa shape index (κ3) is 4.67. The molecule has 0 aliphatic carbocycles. The van der Waals surface area contributed by atoms with Crippen LogP contribution in [0.1, 0.15) is 53.0 Å². The van der Waals surface area contributed by atoms with E-state index in [4.69, 9.17) is 18.8 Å². The van der Waals surface area contributed by atoms with Crippen LogP contribution in [0.3, 0.4) is 0 Å². The Morgan fingerprint density at radius 1 is 1.04 bits per heavy atom. The summed E-state index contributed by atoms with van der Waals surface area (Å²) < 4.78 is 37.9. The highest BCUT2D eigenvalue weighted by atomic mass is 19.1. The van der Waals surface area contributed by atoms with E-state index in [1.54, 1.807) is 7.11 Å². The normalized spacial score (nSPS) is 19.4. The molecule has 0 aromatic heterocycles. The maximum absolute atomic E-state index is 15.4. The topological polar surface area (TPSA) is 36.9 Å². The van der Waals surface area contributed by atoms with E-state index in [9.17, 15) is 0 Å². The molecule has 1 aliphatic heterocycles. The average molecular weight is 364 g/mol. The highest BCUT2D eigenvalue weighted by Crippen LogP contribution is 2.40. The van der Waals surface area contributed by atoms with E-state index in [0.717, 1.165) is 17.7 Å².